The zero-order chi connectivity index (χ0) is 21.0. The summed E-state index contributed by atoms with van der Waals surface area (Å²) in [5, 5.41) is 25.9. The van der Waals surface area contributed by atoms with Gasteiger partial charge in [0.05, 0.1) is 6.61 Å². The Morgan fingerprint density at radius 2 is 1.86 bits per heavy atom. The molecule has 4 nitrogen and oxygen atoms in total. The van der Waals surface area contributed by atoms with E-state index in [0.717, 1.165) is 16.8 Å². The molecule has 0 fully saturated rings. The molecule has 0 atom stereocenters. The van der Waals surface area contributed by atoms with Crippen LogP contribution < -0.4 is 15.0 Å². The molecule has 1 aromatic heterocycles. The number of hydrogen-bond donors (Lipinski definition) is 2. The molecule has 2 aromatic carbocycles. The number of aromatic nitrogens is 1. The lowest BCUT2D eigenvalue weighted by Crippen LogP contribution is -2.40. The highest BCUT2D eigenvalue weighted by Gasteiger charge is 2.20. The molecule has 3 rings (SSSR count). The van der Waals surface area contributed by atoms with Crippen LogP contribution >= 0.6 is 12.2 Å². The predicted molar refractivity (Wildman–Crippen MR) is 114 cm³/mol. The molecule has 0 bridgehead atoms. The summed E-state index contributed by atoms with van der Waals surface area (Å²) in [5.74, 6) is -0.777. The lowest BCUT2D eigenvalue weighted by Gasteiger charge is -2.18. The van der Waals surface area contributed by atoms with Crippen molar-refractivity contribution < 1.29 is 19.2 Å². The van der Waals surface area contributed by atoms with Crippen molar-refractivity contribution in [1.82, 2.24) is 0 Å². The predicted octanol–water partition coefficient (Wildman–Crippen LogP) is 3.35. The van der Waals surface area contributed by atoms with Gasteiger partial charge < -0.3 is 15.5 Å². The molecule has 29 heavy (non-hydrogen) atoms. The first-order valence-corrected chi connectivity index (χ1v) is 9.47. The number of rotatable bonds is 5. The van der Waals surface area contributed by atoms with Crippen molar-refractivity contribution in [2.45, 2.75) is 20.5 Å². The summed E-state index contributed by atoms with van der Waals surface area (Å²) in [6.45, 7) is 3.79. The van der Waals surface area contributed by atoms with Gasteiger partial charge in [-0.15, -0.1) is 0 Å². The van der Waals surface area contributed by atoms with Crippen LogP contribution in [0.3, 0.4) is 0 Å². The molecule has 0 aliphatic heterocycles. The van der Waals surface area contributed by atoms with Gasteiger partial charge in [0.1, 0.15) is 5.82 Å². The monoisotopic (exact) mass is 408 g/mol. The Kier molecular flexibility index (Phi) is 6.36. The fourth-order valence-corrected chi connectivity index (χ4v) is 3.28. The molecular weight excluding hydrogens is 387 g/mol. The molecule has 0 radical (unpaired) electrons. The van der Waals surface area contributed by atoms with Gasteiger partial charge >= 0.3 is 0 Å². The Labute approximate surface area is 174 Å². The minimum Gasteiger partial charge on any atom is -0.867 e. The second kappa shape index (κ2) is 8.94. The van der Waals surface area contributed by atoms with Gasteiger partial charge in [0.25, 0.3) is 0 Å². The van der Waals surface area contributed by atoms with E-state index in [4.69, 9.17) is 12.2 Å². The SMILES string of the molecule is Cc1ccc(NC(=S)/C(=C(\[O-])c2ccc(F)cc2)[n+]2cccc(CO)c2)c(C)c1. The minimum absolute atomic E-state index is 0.171. The Bertz CT molecular complexity index is 1080. The summed E-state index contributed by atoms with van der Waals surface area (Å²) in [6, 6.07) is 14.7. The van der Waals surface area contributed by atoms with Crippen LogP contribution in [0.1, 0.15) is 22.3 Å². The first-order valence-electron chi connectivity index (χ1n) is 9.06. The van der Waals surface area contributed by atoms with Crippen molar-refractivity contribution in [2.75, 3.05) is 5.32 Å². The largest absolute Gasteiger partial charge is 0.867 e. The van der Waals surface area contributed by atoms with Crippen molar-refractivity contribution in [3.05, 3.63) is 95.1 Å². The van der Waals surface area contributed by atoms with Crippen molar-refractivity contribution in [2.24, 2.45) is 0 Å². The van der Waals surface area contributed by atoms with Crippen LogP contribution in [0.4, 0.5) is 10.1 Å². The molecule has 1 heterocycles. The number of nitrogens with zero attached hydrogens (tertiary/aromatic N) is 1. The summed E-state index contributed by atoms with van der Waals surface area (Å²) in [5.41, 5.74) is 4.07. The first kappa shape index (κ1) is 20.6. The fourth-order valence-electron chi connectivity index (χ4n) is 2.97. The fraction of sp³-hybridized carbons (Fsp3) is 0.130. The highest BCUT2D eigenvalue weighted by atomic mass is 32.1. The number of nitrogens with one attached hydrogen (secondary N) is 1. The van der Waals surface area contributed by atoms with E-state index in [2.05, 4.69) is 5.32 Å². The Balaban J connectivity index is 2.10. The van der Waals surface area contributed by atoms with Crippen molar-refractivity contribution >= 4 is 34.3 Å². The average Bonchev–Trinajstić information content (AvgIpc) is 2.71. The van der Waals surface area contributed by atoms with Crippen LogP contribution in [-0.4, -0.2) is 10.1 Å². The molecule has 148 valence electrons. The molecule has 0 saturated carbocycles. The van der Waals surface area contributed by atoms with Gasteiger partial charge in [-0.05, 0) is 55.0 Å². The number of aryl methyl sites for hydroxylation is 2. The van der Waals surface area contributed by atoms with E-state index in [0.29, 0.717) is 11.1 Å². The number of pyridine rings is 1. The number of aliphatic hydroxyl groups excluding tert-OH is 1. The summed E-state index contributed by atoms with van der Waals surface area (Å²) in [4.78, 5) is 0.228. The van der Waals surface area contributed by atoms with Gasteiger partial charge in [-0.25, -0.2) is 4.39 Å². The zero-order valence-corrected chi connectivity index (χ0v) is 17.0. The lowest BCUT2D eigenvalue weighted by molar-refractivity contribution is -0.578. The van der Waals surface area contributed by atoms with Crippen LogP contribution in [0.15, 0.2) is 67.0 Å². The average molecular weight is 408 g/mol. The van der Waals surface area contributed by atoms with E-state index in [9.17, 15) is 14.6 Å². The van der Waals surface area contributed by atoms with E-state index < -0.39 is 5.82 Å². The number of thiocarbonyl (C=S) groups is 1. The Morgan fingerprint density at radius 3 is 2.52 bits per heavy atom. The molecule has 2 N–H and O–H groups in total. The number of anilines is 1. The summed E-state index contributed by atoms with van der Waals surface area (Å²) < 4.78 is 14.9. The maximum atomic E-state index is 13.3. The van der Waals surface area contributed by atoms with E-state index in [1.807, 2.05) is 32.0 Å². The molecular formula is C23H21FN2O2S. The molecule has 0 unspecified atom stereocenters. The van der Waals surface area contributed by atoms with Gasteiger partial charge in [-0.3, -0.25) is 0 Å². The van der Waals surface area contributed by atoms with Gasteiger partial charge in [-0.1, -0.05) is 42.0 Å². The number of halogens is 1. The maximum absolute atomic E-state index is 13.3. The van der Waals surface area contributed by atoms with Gasteiger partial charge in [-0.2, -0.15) is 4.57 Å². The quantitative estimate of drug-likeness (QED) is 0.294. The van der Waals surface area contributed by atoms with Gasteiger partial charge in [0.2, 0.25) is 5.70 Å². The van der Waals surface area contributed by atoms with Crippen molar-refractivity contribution in [3.8, 4) is 0 Å². The Hall–Kier alpha value is -3.09. The van der Waals surface area contributed by atoms with Gasteiger partial charge in [0, 0.05) is 17.3 Å². The summed E-state index contributed by atoms with van der Waals surface area (Å²) in [6.07, 6.45) is 3.33. The molecule has 6 heteroatoms. The molecule has 3 aromatic rings. The van der Waals surface area contributed by atoms with Crippen LogP contribution in [-0.2, 0) is 6.61 Å². The second-order valence-electron chi connectivity index (χ2n) is 6.73. The zero-order valence-electron chi connectivity index (χ0n) is 16.1. The van der Waals surface area contributed by atoms with Crippen molar-refractivity contribution in [3.63, 3.8) is 0 Å². The normalized spacial score (nSPS) is 11.7. The highest BCUT2D eigenvalue weighted by molar-refractivity contribution is 7.81. The third kappa shape index (κ3) is 4.85. The third-order valence-electron chi connectivity index (χ3n) is 4.47. The number of aliphatic hydroxyl groups is 1. The van der Waals surface area contributed by atoms with E-state index in [-0.39, 0.29) is 23.1 Å². The third-order valence-corrected chi connectivity index (χ3v) is 4.76. The van der Waals surface area contributed by atoms with Crippen LogP contribution in [0, 0.1) is 19.7 Å². The maximum Gasteiger partial charge on any atom is 0.238 e. The smallest absolute Gasteiger partial charge is 0.238 e. The van der Waals surface area contributed by atoms with E-state index in [1.54, 1.807) is 29.1 Å². The number of hydrogen-bond acceptors (Lipinski definition) is 3. The summed E-state index contributed by atoms with van der Waals surface area (Å²) >= 11 is 5.59. The highest BCUT2D eigenvalue weighted by Crippen LogP contribution is 2.20. The summed E-state index contributed by atoms with van der Waals surface area (Å²) in [7, 11) is 0. The van der Waals surface area contributed by atoms with Gasteiger partial charge in [0.15, 0.2) is 17.4 Å². The molecule has 0 aliphatic carbocycles. The van der Waals surface area contributed by atoms with E-state index >= 15 is 0 Å². The topological polar surface area (TPSA) is 59.2 Å². The second-order valence-corrected chi connectivity index (χ2v) is 7.14. The van der Waals surface area contributed by atoms with Crippen LogP contribution in [0.25, 0.3) is 11.5 Å². The minimum atomic E-state index is -0.422. The molecule has 0 aliphatic rings. The van der Waals surface area contributed by atoms with E-state index in [1.165, 1.54) is 24.3 Å². The molecule has 0 saturated heterocycles. The first-order chi connectivity index (χ1) is 13.9. The van der Waals surface area contributed by atoms with Crippen LogP contribution in [0.5, 0.6) is 0 Å². The lowest BCUT2D eigenvalue weighted by atomic mass is 10.1. The van der Waals surface area contributed by atoms with Crippen LogP contribution in [0.2, 0.25) is 0 Å². The Morgan fingerprint density at radius 1 is 1.14 bits per heavy atom. The molecule has 0 spiro atoms. The molecule has 0 amide bonds. The van der Waals surface area contributed by atoms with Crippen molar-refractivity contribution in [1.29, 1.82) is 0 Å². The number of benzene rings is 2. The standard InChI is InChI=1S/C23H21FN2O2S/c1-15-5-10-20(16(2)12-15)25-23(29)21(26-11-3-4-17(13-26)14-27)22(28)18-6-8-19(24)9-7-18/h3-13,27H,14H2,1-2H3,(H-,25,28,29).